The summed E-state index contributed by atoms with van der Waals surface area (Å²) in [5, 5.41) is 0.650. The second-order valence-corrected chi connectivity index (χ2v) is 8.99. The zero-order valence-corrected chi connectivity index (χ0v) is 21.2. The standard InChI is InChI=1S/C24H27BrN2O4S/c1-6-15(3)31-22-19(25)12-16(13-20(22)30-5)14-21-23(28)27(7-2)24(32-21)26-17-8-10-18(29-4)11-9-17/h8-15H,6-7H2,1-5H3/b21-14+,26-24?/t15-/m0/s1. The summed E-state index contributed by atoms with van der Waals surface area (Å²) in [6.07, 6.45) is 2.80. The first kappa shape index (κ1) is 24.2. The lowest BCUT2D eigenvalue weighted by atomic mass is 10.1. The maximum Gasteiger partial charge on any atom is 0.266 e. The van der Waals surface area contributed by atoms with Gasteiger partial charge in [-0.05, 0) is 96.0 Å². The molecule has 0 N–H and O–H groups in total. The Hall–Kier alpha value is -2.45. The van der Waals surface area contributed by atoms with Crippen LogP contribution in [0.3, 0.4) is 0 Å². The molecule has 2 aromatic rings. The number of aliphatic imine (C=N–C) groups is 1. The van der Waals surface area contributed by atoms with Gasteiger partial charge in [0, 0.05) is 6.54 Å². The van der Waals surface area contributed by atoms with Crippen LogP contribution < -0.4 is 14.2 Å². The number of rotatable bonds is 8. The van der Waals surface area contributed by atoms with Crippen LogP contribution in [-0.4, -0.2) is 42.8 Å². The number of benzene rings is 2. The summed E-state index contributed by atoms with van der Waals surface area (Å²) in [4.78, 5) is 19.9. The highest BCUT2D eigenvalue weighted by atomic mass is 79.9. The number of methoxy groups -OCH3 is 2. The Morgan fingerprint density at radius 1 is 1.16 bits per heavy atom. The summed E-state index contributed by atoms with van der Waals surface area (Å²) in [6.45, 7) is 6.55. The number of nitrogens with zero attached hydrogens (tertiary/aromatic N) is 2. The minimum Gasteiger partial charge on any atom is -0.497 e. The van der Waals surface area contributed by atoms with E-state index in [4.69, 9.17) is 14.2 Å². The number of hydrogen-bond acceptors (Lipinski definition) is 6. The third-order valence-electron chi connectivity index (χ3n) is 4.94. The predicted molar refractivity (Wildman–Crippen MR) is 134 cm³/mol. The van der Waals surface area contributed by atoms with E-state index in [0.717, 1.165) is 27.9 Å². The Morgan fingerprint density at radius 3 is 2.47 bits per heavy atom. The zero-order valence-electron chi connectivity index (χ0n) is 18.8. The van der Waals surface area contributed by atoms with E-state index in [-0.39, 0.29) is 12.0 Å². The van der Waals surface area contributed by atoms with Crippen molar-refractivity contribution in [2.45, 2.75) is 33.3 Å². The molecule has 0 spiro atoms. The number of likely N-dealkylation sites (N-methyl/N-ethyl adjacent to an activating group) is 1. The Balaban J connectivity index is 1.91. The molecule has 170 valence electrons. The summed E-state index contributed by atoms with van der Waals surface area (Å²) >= 11 is 4.94. The summed E-state index contributed by atoms with van der Waals surface area (Å²) in [7, 11) is 3.23. The normalized spacial score (nSPS) is 17.2. The van der Waals surface area contributed by atoms with Crippen molar-refractivity contribution in [3.63, 3.8) is 0 Å². The fraction of sp³-hybridized carbons (Fsp3) is 0.333. The van der Waals surface area contributed by atoms with Gasteiger partial charge in [0.1, 0.15) is 5.75 Å². The third-order valence-corrected chi connectivity index (χ3v) is 6.54. The molecule has 0 bridgehead atoms. The first-order chi connectivity index (χ1) is 15.4. The highest BCUT2D eigenvalue weighted by Crippen LogP contribution is 2.40. The van der Waals surface area contributed by atoms with Crippen molar-refractivity contribution >= 4 is 50.5 Å². The van der Waals surface area contributed by atoms with Crippen molar-refractivity contribution in [3.8, 4) is 17.2 Å². The lowest BCUT2D eigenvalue weighted by Gasteiger charge is -2.17. The SMILES string of the molecule is CC[C@H](C)Oc1c(Br)cc(/C=C2/SC(=Nc3ccc(OC)cc3)N(CC)C2=O)cc1OC. The number of carbonyl (C=O) groups excluding carboxylic acids is 1. The van der Waals surface area contributed by atoms with Crippen molar-refractivity contribution in [1.82, 2.24) is 4.90 Å². The average Bonchev–Trinajstić information content (AvgIpc) is 3.09. The third kappa shape index (κ3) is 5.48. The molecule has 0 saturated carbocycles. The van der Waals surface area contributed by atoms with Crippen LogP contribution in [0.15, 0.2) is 50.8 Å². The predicted octanol–water partition coefficient (Wildman–Crippen LogP) is 6.27. The van der Waals surface area contributed by atoms with Crippen LogP contribution in [0.2, 0.25) is 0 Å². The van der Waals surface area contributed by atoms with E-state index in [1.165, 1.54) is 11.8 Å². The topological polar surface area (TPSA) is 60.4 Å². The van der Waals surface area contributed by atoms with Crippen molar-refractivity contribution in [2.75, 3.05) is 20.8 Å². The molecule has 1 aliphatic heterocycles. The van der Waals surface area contributed by atoms with Crippen LogP contribution >= 0.6 is 27.7 Å². The number of amidine groups is 1. The van der Waals surface area contributed by atoms with Crippen molar-refractivity contribution in [1.29, 1.82) is 0 Å². The number of carbonyl (C=O) groups is 1. The van der Waals surface area contributed by atoms with E-state index in [0.29, 0.717) is 28.1 Å². The molecule has 1 atom stereocenters. The first-order valence-electron chi connectivity index (χ1n) is 10.4. The molecule has 6 nitrogen and oxygen atoms in total. The average molecular weight is 519 g/mol. The summed E-state index contributed by atoms with van der Waals surface area (Å²) in [6, 6.07) is 11.2. The quantitative estimate of drug-likeness (QED) is 0.385. The molecule has 0 aromatic heterocycles. The molecular weight excluding hydrogens is 492 g/mol. The number of hydrogen-bond donors (Lipinski definition) is 0. The maximum atomic E-state index is 13.0. The van der Waals surface area contributed by atoms with Gasteiger partial charge in [-0.15, -0.1) is 0 Å². The number of halogens is 1. The molecule has 1 aliphatic rings. The van der Waals surface area contributed by atoms with Gasteiger partial charge in [-0.2, -0.15) is 0 Å². The van der Waals surface area contributed by atoms with Gasteiger partial charge < -0.3 is 14.2 Å². The lowest BCUT2D eigenvalue weighted by Crippen LogP contribution is -2.28. The molecule has 1 saturated heterocycles. The summed E-state index contributed by atoms with van der Waals surface area (Å²) < 4.78 is 17.5. The Morgan fingerprint density at radius 2 is 1.88 bits per heavy atom. The molecule has 2 aromatic carbocycles. The van der Waals surface area contributed by atoms with E-state index in [1.807, 2.05) is 56.3 Å². The van der Waals surface area contributed by atoms with Gasteiger partial charge in [0.25, 0.3) is 5.91 Å². The van der Waals surface area contributed by atoms with E-state index in [2.05, 4.69) is 27.8 Å². The monoisotopic (exact) mass is 518 g/mol. The molecule has 1 amide bonds. The Kier molecular flexibility index (Phi) is 8.26. The minimum absolute atomic E-state index is 0.0613. The van der Waals surface area contributed by atoms with Gasteiger partial charge in [0.05, 0.1) is 35.4 Å². The van der Waals surface area contributed by atoms with Gasteiger partial charge in [0.15, 0.2) is 16.7 Å². The lowest BCUT2D eigenvalue weighted by molar-refractivity contribution is -0.122. The van der Waals surface area contributed by atoms with Crippen LogP contribution in [0, 0.1) is 0 Å². The van der Waals surface area contributed by atoms with Gasteiger partial charge in [-0.1, -0.05) is 6.92 Å². The fourth-order valence-corrected chi connectivity index (χ4v) is 4.63. The molecule has 0 radical (unpaired) electrons. The van der Waals surface area contributed by atoms with E-state index >= 15 is 0 Å². The highest BCUT2D eigenvalue weighted by Gasteiger charge is 2.32. The number of amides is 1. The second kappa shape index (κ2) is 10.9. The second-order valence-electron chi connectivity index (χ2n) is 7.12. The van der Waals surface area contributed by atoms with Crippen LogP contribution in [0.25, 0.3) is 6.08 Å². The fourth-order valence-electron chi connectivity index (χ4n) is 3.01. The van der Waals surface area contributed by atoms with Crippen molar-refractivity contribution in [2.24, 2.45) is 4.99 Å². The van der Waals surface area contributed by atoms with Crippen molar-refractivity contribution in [3.05, 3.63) is 51.3 Å². The van der Waals surface area contributed by atoms with Crippen LogP contribution in [0.4, 0.5) is 5.69 Å². The van der Waals surface area contributed by atoms with Crippen molar-refractivity contribution < 1.29 is 19.0 Å². The Bertz CT molecular complexity index is 1040. The van der Waals surface area contributed by atoms with Crippen LogP contribution in [-0.2, 0) is 4.79 Å². The van der Waals surface area contributed by atoms with Gasteiger partial charge in [0.2, 0.25) is 0 Å². The van der Waals surface area contributed by atoms with E-state index < -0.39 is 0 Å². The smallest absolute Gasteiger partial charge is 0.266 e. The number of thioether (sulfide) groups is 1. The molecule has 8 heteroatoms. The largest absolute Gasteiger partial charge is 0.497 e. The van der Waals surface area contributed by atoms with E-state index in [1.54, 1.807) is 19.1 Å². The number of ether oxygens (including phenoxy) is 3. The molecule has 0 aliphatic carbocycles. The highest BCUT2D eigenvalue weighted by molar-refractivity contribution is 9.10. The first-order valence-corrected chi connectivity index (χ1v) is 12.0. The maximum absolute atomic E-state index is 13.0. The summed E-state index contributed by atoms with van der Waals surface area (Å²) in [5.41, 5.74) is 1.60. The van der Waals surface area contributed by atoms with Gasteiger partial charge >= 0.3 is 0 Å². The van der Waals surface area contributed by atoms with Gasteiger partial charge in [-0.3, -0.25) is 9.69 Å². The summed E-state index contributed by atoms with van der Waals surface area (Å²) in [5.74, 6) is 1.96. The van der Waals surface area contributed by atoms with Gasteiger partial charge in [-0.25, -0.2) is 4.99 Å². The minimum atomic E-state index is -0.0696. The molecule has 32 heavy (non-hydrogen) atoms. The molecule has 3 rings (SSSR count). The molecule has 1 fully saturated rings. The van der Waals surface area contributed by atoms with Crippen LogP contribution in [0.1, 0.15) is 32.8 Å². The molecule has 1 heterocycles. The molecular formula is C24H27BrN2O4S. The Labute approximate surface area is 201 Å². The van der Waals surface area contributed by atoms with Crippen LogP contribution in [0.5, 0.6) is 17.2 Å². The molecule has 0 unspecified atom stereocenters. The zero-order chi connectivity index (χ0) is 23.3. The van der Waals surface area contributed by atoms with E-state index in [9.17, 15) is 4.79 Å².